The average molecular weight is 359 g/mol. The van der Waals surface area contributed by atoms with Gasteiger partial charge in [0.1, 0.15) is 5.75 Å². The second kappa shape index (κ2) is 7.24. The van der Waals surface area contributed by atoms with Crippen molar-refractivity contribution in [2.45, 2.75) is 59.6 Å². The Morgan fingerprint density at radius 2 is 1.83 bits per heavy atom. The van der Waals surface area contributed by atoms with Gasteiger partial charge >= 0.3 is 0 Å². The summed E-state index contributed by atoms with van der Waals surface area (Å²) in [6, 6.07) is 3.21. The molecule has 4 N–H and O–H groups in total. The molecular weight excluding hydrogens is 332 g/mol. The molecule has 0 saturated heterocycles. The first-order chi connectivity index (χ1) is 10.3. The minimum atomic E-state index is -0.826. The highest BCUT2D eigenvalue weighted by Crippen LogP contribution is 2.35. The average Bonchev–Trinajstić information content (AvgIpc) is 2.28. The summed E-state index contributed by atoms with van der Waals surface area (Å²) in [5.41, 5.74) is 0.980. The monoisotopic (exact) mass is 358 g/mol. The number of phenolic OH excluding ortho intramolecular Hbond substituents is 1. The molecule has 0 radical (unpaired) electrons. The molecule has 23 heavy (non-hydrogen) atoms. The van der Waals surface area contributed by atoms with Gasteiger partial charge in [0.25, 0.3) is 0 Å². The van der Waals surface area contributed by atoms with E-state index in [2.05, 4.69) is 45.3 Å². The van der Waals surface area contributed by atoms with Gasteiger partial charge in [-0.3, -0.25) is 0 Å². The summed E-state index contributed by atoms with van der Waals surface area (Å²) in [6.07, 6.45) is 0.116. The topological polar surface area (TPSA) is 64.5 Å². The maximum atomic E-state index is 9.87. The van der Waals surface area contributed by atoms with Gasteiger partial charge in [0.15, 0.2) is 5.11 Å². The smallest absolute Gasteiger partial charge is 0.171 e. The minimum Gasteiger partial charge on any atom is -0.506 e. The van der Waals surface area contributed by atoms with Crippen LogP contribution in [-0.2, 0) is 0 Å². The van der Waals surface area contributed by atoms with Crippen molar-refractivity contribution in [1.29, 1.82) is 0 Å². The van der Waals surface area contributed by atoms with Crippen molar-refractivity contribution in [3.8, 4) is 5.75 Å². The summed E-state index contributed by atoms with van der Waals surface area (Å²) in [4.78, 5) is 0. The standard InChI is InChI=1S/C17H27ClN2O2S/c1-10(21)12-7-11(8-13(18)14(12)22)19-15(23)20-17(5,6)9-16(2,3)4/h7-8,10,21-22H,9H2,1-6H3,(H2,19,20,23). The van der Waals surface area contributed by atoms with E-state index in [9.17, 15) is 10.2 Å². The van der Waals surface area contributed by atoms with Crippen LogP contribution in [0.15, 0.2) is 12.1 Å². The zero-order valence-corrected chi connectivity index (χ0v) is 16.2. The summed E-state index contributed by atoms with van der Waals surface area (Å²) in [7, 11) is 0. The van der Waals surface area contributed by atoms with Crippen LogP contribution in [0.5, 0.6) is 5.75 Å². The van der Waals surface area contributed by atoms with Crippen LogP contribution in [0, 0.1) is 5.41 Å². The molecule has 1 rings (SSSR count). The third-order valence-electron chi connectivity index (χ3n) is 3.23. The Bertz CT molecular complexity index is 581. The van der Waals surface area contributed by atoms with Gasteiger partial charge in [-0.1, -0.05) is 32.4 Å². The molecule has 1 atom stereocenters. The van der Waals surface area contributed by atoms with Gasteiger partial charge in [-0.2, -0.15) is 0 Å². The molecule has 1 aromatic rings. The summed E-state index contributed by atoms with van der Waals surface area (Å²) >= 11 is 11.4. The van der Waals surface area contributed by atoms with E-state index in [0.29, 0.717) is 16.4 Å². The summed E-state index contributed by atoms with van der Waals surface area (Å²) in [5, 5.41) is 26.6. The van der Waals surface area contributed by atoms with Crippen molar-refractivity contribution in [3.63, 3.8) is 0 Å². The van der Waals surface area contributed by atoms with E-state index in [1.165, 1.54) is 0 Å². The fourth-order valence-electron chi connectivity index (χ4n) is 2.85. The molecule has 130 valence electrons. The van der Waals surface area contributed by atoms with Gasteiger partial charge in [-0.25, -0.2) is 0 Å². The summed E-state index contributed by atoms with van der Waals surface area (Å²) < 4.78 is 0. The number of phenols is 1. The first kappa shape index (κ1) is 20.0. The van der Waals surface area contributed by atoms with Crippen molar-refractivity contribution >= 4 is 34.6 Å². The van der Waals surface area contributed by atoms with Crippen molar-refractivity contribution in [3.05, 3.63) is 22.7 Å². The number of aromatic hydroxyl groups is 1. The van der Waals surface area contributed by atoms with Gasteiger partial charge in [0.05, 0.1) is 11.1 Å². The Labute approximate surface area is 149 Å². The van der Waals surface area contributed by atoms with Crippen LogP contribution in [0.2, 0.25) is 5.02 Å². The van der Waals surface area contributed by atoms with Crippen LogP contribution < -0.4 is 10.6 Å². The Morgan fingerprint density at radius 3 is 2.30 bits per heavy atom. The Balaban J connectivity index is 2.86. The number of aliphatic hydroxyl groups excluding tert-OH is 1. The lowest BCUT2D eigenvalue weighted by Crippen LogP contribution is -2.47. The van der Waals surface area contributed by atoms with Crippen LogP contribution in [0.1, 0.15) is 59.6 Å². The molecule has 0 aliphatic carbocycles. The highest BCUT2D eigenvalue weighted by Gasteiger charge is 2.26. The number of anilines is 1. The molecule has 0 heterocycles. The number of rotatable bonds is 4. The van der Waals surface area contributed by atoms with Crippen LogP contribution >= 0.6 is 23.8 Å². The molecule has 0 aliphatic rings. The van der Waals surface area contributed by atoms with Crippen molar-refractivity contribution in [2.24, 2.45) is 5.41 Å². The normalized spacial score (nSPS) is 13.6. The van der Waals surface area contributed by atoms with Gasteiger partial charge in [0.2, 0.25) is 0 Å². The maximum absolute atomic E-state index is 9.87. The number of aliphatic hydroxyl groups is 1. The largest absolute Gasteiger partial charge is 0.506 e. The molecule has 0 aliphatic heterocycles. The highest BCUT2D eigenvalue weighted by molar-refractivity contribution is 7.80. The predicted octanol–water partition coefficient (Wildman–Crippen LogP) is 4.60. The molecular formula is C17H27ClN2O2S. The first-order valence-electron chi connectivity index (χ1n) is 7.60. The van der Waals surface area contributed by atoms with Crippen LogP contribution in [0.25, 0.3) is 0 Å². The molecule has 0 spiro atoms. The van der Waals surface area contributed by atoms with E-state index >= 15 is 0 Å². The first-order valence-corrected chi connectivity index (χ1v) is 8.39. The molecule has 0 fully saturated rings. The van der Waals surface area contributed by atoms with E-state index in [4.69, 9.17) is 23.8 Å². The Morgan fingerprint density at radius 1 is 1.26 bits per heavy atom. The Hall–Kier alpha value is -1.04. The number of thiocarbonyl (C=S) groups is 1. The van der Waals surface area contributed by atoms with E-state index < -0.39 is 6.10 Å². The lowest BCUT2D eigenvalue weighted by molar-refractivity contribution is 0.195. The van der Waals surface area contributed by atoms with E-state index in [1.807, 2.05) is 0 Å². The maximum Gasteiger partial charge on any atom is 0.171 e. The van der Waals surface area contributed by atoms with Crippen LogP contribution in [0.4, 0.5) is 5.69 Å². The third-order valence-corrected chi connectivity index (χ3v) is 3.72. The fraction of sp³-hybridized carbons (Fsp3) is 0.588. The van der Waals surface area contributed by atoms with Gasteiger partial charge in [-0.05, 0) is 57.0 Å². The second-order valence-corrected chi connectivity index (χ2v) is 8.59. The Kier molecular flexibility index (Phi) is 6.30. The number of benzene rings is 1. The summed E-state index contributed by atoms with van der Waals surface area (Å²) in [5.74, 6) is -0.112. The minimum absolute atomic E-state index is 0.112. The van der Waals surface area contributed by atoms with E-state index in [-0.39, 0.29) is 21.7 Å². The van der Waals surface area contributed by atoms with Crippen LogP contribution in [-0.4, -0.2) is 20.9 Å². The van der Waals surface area contributed by atoms with Crippen molar-refractivity contribution < 1.29 is 10.2 Å². The number of hydrogen-bond acceptors (Lipinski definition) is 3. The number of hydrogen-bond donors (Lipinski definition) is 4. The van der Waals surface area contributed by atoms with Gasteiger partial charge < -0.3 is 20.8 Å². The third kappa shape index (κ3) is 6.53. The zero-order valence-electron chi connectivity index (χ0n) is 14.6. The van der Waals surface area contributed by atoms with E-state index in [0.717, 1.165) is 6.42 Å². The molecule has 0 bridgehead atoms. The molecule has 1 unspecified atom stereocenters. The van der Waals surface area contributed by atoms with Crippen LogP contribution in [0.3, 0.4) is 0 Å². The molecule has 6 heteroatoms. The molecule has 0 aromatic heterocycles. The van der Waals surface area contributed by atoms with Crippen molar-refractivity contribution in [1.82, 2.24) is 5.32 Å². The second-order valence-electron chi connectivity index (χ2n) is 7.77. The van der Waals surface area contributed by atoms with Gasteiger partial charge in [-0.15, -0.1) is 0 Å². The van der Waals surface area contributed by atoms with Crippen molar-refractivity contribution in [2.75, 3.05) is 5.32 Å². The molecule has 1 aromatic carbocycles. The SMILES string of the molecule is CC(O)c1cc(NC(=S)NC(C)(C)CC(C)(C)C)cc(Cl)c1O. The fourth-order valence-corrected chi connectivity index (χ4v) is 3.47. The quantitative estimate of drug-likeness (QED) is 0.468. The van der Waals surface area contributed by atoms with Gasteiger partial charge in [0, 0.05) is 16.8 Å². The number of halogens is 1. The zero-order chi connectivity index (χ0) is 18.0. The highest BCUT2D eigenvalue weighted by atomic mass is 35.5. The lowest BCUT2D eigenvalue weighted by atomic mass is 9.82. The predicted molar refractivity (Wildman–Crippen MR) is 101 cm³/mol. The molecule has 0 amide bonds. The number of nitrogens with one attached hydrogen (secondary N) is 2. The lowest BCUT2D eigenvalue weighted by Gasteiger charge is -2.34. The summed E-state index contributed by atoms with van der Waals surface area (Å²) in [6.45, 7) is 12.3. The molecule has 0 saturated carbocycles. The molecule has 4 nitrogen and oxygen atoms in total. The van der Waals surface area contributed by atoms with E-state index in [1.54, 1.807) is 19.1 Å².